The number of sulfone groups is 1. The second kappa shape index (κ2) is 9.08. The molecule has 3 heterocycles. The van der Waals surface area contributed by atoms with E-state index in [1.807, 2.05) is 0 Å². The van der Waals surface area contributed by atoms with Crippen molar-refractivity contribution in [3.63, 3.8) is 0 Å². The molecule has 0 aromatic carbocycles. The fraction of sp³-hybridized carbons (Fsp3) is 0.565. The van der Waals surface area contributed by atoms with Gasteiger partial charge in [0.05, 0.1) is 12.6 Å². The molecule has 0 spiro atoms. The minimum Gasteiger partial charge on any atom is -0.393 e. The molecule has 2 amide bonds. The van der Waals surface area contributed by atoms with Gasteiger partial charge in [0.15, 0.2) is 14.6 Å². The molecule has 11 heteroatoms. The molecule has 1 aromatic rings. The molecule has 0 radical (unpaired) electrons. The van der Waals surface area contributed by atoms with Gasteiger partial charge in [0.2, 0.25) is 0 Å². The highest BCUT2D eigenvalue weighted by Crippen LogP contribution is 2.31. The summed E-state index contributed by atoms with van der Waals surface area (Å²) in [7, 11) is -3.83. The van der Waals surface area contributed by atoms with Crippen LogP contribution in [0.25, 0.3) is 0 Å². The highest BCUT2D eigenvalue weighted by molar-refractivity contribution is 7.92. The monoisotopic (exact) mass is 488 g/mol. The molecule has 1 saturated carbocycles. The molecule has 3 aliphatic rings. The lowest BCUT2D eigenvalue weighted by molar-refractivity contribution is -0.131. The minimum absolute atomic E-state index is 0.0300. The Labute approximate surface area is 198 Å². The summed E-state index contributed by atoms with van der Waals surface area (Å²) in [6.45, 7) is 3.34. The first-order valence-corrected chi connectivity index (χ1v) is 13.0. The summed E-state index contributed by atoms with van der Waals surface area (Å²) in [6, 6.07) is 1.95. The number of hydroxylamine groups is 1. The Kier molecular flexibility index (Phi) is 6.49. The Morgan fingerprint density at radius 1 is 1.29 bits per heavy atom. The highest BCUT2D eigenvalue weighted by atomic mass is 32.2. The van der Waals surface area contributed by atoms with Gasteiger partial charge in [-0.1, -0.05) is 11.8 Å². The molecule has 0 bridgehead atoms. The molecule has 10 nitrogen and oxygen atoms in total. The number of hydrogen-bond donors (Lipinski definition) is 3. The van der Waals surface area contributed by atoms with E-state index >= 15 is 0 Å². The van der Waals surface area contributed by atoms with E-state index in [4.69, 9.17) is 5.21 Å². The van der Waals surface area contributed by atoms with Gasteiger partial charge in [-0.2, -0.15) is 0 Å². The van der Waals surface area contributed by atoms with Crippen molar-refractivity contribution >= 4 is 21.8 Å². The first-order chi connectivity index (χ1) is 16.0. The maximum Gasteiger partial charge on any atom is 0.328 e. The van der Waals surface area contributed by atoms with Crippen molar-refractivity contribution in [1.29, 1.82) is 0 Å². The first kappa shape index (κ1) is 24.3. The van der Waals surface area contributed by atoms with Crippen molar-refractivity contribution in [1.82, 2.24) is 19.8 Å². The van der Waals surface area contributed by atoms with Crippen LogP contribution in [-0.4, -0.2) is 87.8 Å². The fourth-order valence-electron chi connectivity index (χ4n) is 4.40. The van der Waals surface area contributed by atoms with Gasteiger partial charge in [-0.3, -0.25) is 19.5 Å². The van der Waals surface area contributed by atoms with Crippen LogP contribution >= 0.6 is 0 Å². The maximum absolute atomic E-state index is 12.7. The lowest BCUT2D eigenvalue weighted by atomic mass is 9.84. The fourth-order valence-corrected chi connectivity index (χ4v) is 5.25. The Morgan fingerprint density at radius 3 is 2.59 bits per heavy atom. The SMILES string of the molecule is C[C@@](CCN1Cc2cc(C#CC#CC3CN(C4CC(O)C4)C3)cn2C1=O)(C(=O)NO)S(C)(=O)=O. The number of carbonyl (C=O) groups is 2. The second-order valence-corrected chi connectivity index (χ2v) is 11.9. The predicted molar refractivity (Wildman–Crippen MR) is 122 cm³/mol. The van der Waals surface area contributed by atoms with Crippen LogP contribution in [-0.2, 0) is 21.2 Å². The normalized spacial score (nSPS) is 24.0. The maximum atomic E-state index is 12.7. The molecule has 1 aromatic heterocycles. The van der Waals surface area contributed by atoms with Crippen LogP contribution in [0.5, 0.6) is 0 Å². The number of carbonyl (C=O) groups excluding carboxylic acids is 2. The highest BCUT2D eigenvalue weighted by Gasteiger charge is 2.44. The average molecular weight is 489 g/mol. The lowest BCUT2D eigenvalue weighted by Crippen LogP contribution is -2.57. The van der Waals surface area contributed by atoms with E-state index in [9.17, 15) is 23.1 Å². The number of amides is 2. The third kappa shape index (κ3) is 4.57. The molecule has 2 aliphatic heterocycles. The Bertz CT molecular complexity index is 1220. The largest absolute Gasteiger partial charge is 0.393 e. The number of aliphatic hydroxyl groups is 1. The number of nitrogens with one attached hydrogen (secondary N) is 1. The van der Waals surface area contributed by atoms with Crippen molar-refractivity contribution in [3.8, 4) is 23.7 Å². The van der Waals surface area contributed by atoms with E-state index in [0.717, 1.165) is 32.2 Å². The number of hydrogen-bond acceptors (Lipinski definition) is 7. The Balaban J connectivity index is 1.30. The summed E-state index contributed by atoms with van der Waals surface area (Å²) in [5.41, 5.74) is 2.78. The summed E-state index contributed by atoms with van der Waals surface area (Å²) in [5, 5.41) is 18.3. The van der Waals surface area contributed by atoms with Crippen molar-refractivity contribution in [2.75, 3.05) is 25.9 Å². The van der Waals surface area contributed by atoms with Gasteiger partial charge in [-0.25, -0.2) is 18.7 Å². The van der Waals surface area contributed by atoms with E-state index in [-0.39, 0.29) is 31.6 Å². The second-order valence-electron chi connectivity index (χ2n) is 9.44. The van der Waals surface area contributed by atoms with Crippen molar-refractivity contribution in [3.05, 3.63) is 23.5 Å². The van der Waals surface area contributed by atoms with E-state index in [1.165, 1.54) is 21.9 Å². The van der Waals surface area contributed by atoms with E-state index in [1.54, 1.807) is 12.3 Å². The predicted octanol–water partition coefficient (Wildman–Crippen LogP) is -0.219. The molecule has 3 N–H and O–H groups in total. The van der Waals surface area contributed by atoms with Gasteiger partial charge in [0, 0.05) is 55.3 Å². The molecular formula is C23H28N4O6S. The van der Waals surface area contributed by atoms with Gasteiger partial charge in [-0.15, -0.1) is 0 Å². The zero-order chi connectivity index (χ0) is 24.7. The van der Waals surface area contributed by atoms with E-state index in [0.29, 0.717) is 23.2 Å². The summed E-state index contributed by atoms with van der Waals surface area (Å²) in [4.78, 5) is 28.5. The number of likely N-dealkylation sites (tertiary alicyclic amines) is 1. The first-order valence-electron chi connectivity index (χ1n) is 11.1. The van der Waals surface area contributed by atoms with Crippen LogP contribution in [0.3, 0.4) is 0 Å². The van der Waals surface area contributed by atoms with Crippen LogP contribution in [0, 0.1) is 29.6 Å². The quantitative estimate of drug-likeness (QED) is 0.287. The topological polar surface area (TPSA) is 132 Å². The molecule has 182 valence electrons. The van der Waals surface area contributed by atoms with E-state index in [2.05, 4.69) is 28.6 Å². The Morgan fingerprint density at radius 2 is 2.00 bits per heavy atom. The number of aromatic nitrogens is 1. The molecule has 0 unspecified atom stereocenters. The molecule has 1 saturated heterocycles. The van der Waals surface area contributed by atoms with Crippen LogP contribution in [0.1, 0.15) is 37.4 Å². The number of fused-ring (bicyclic) bond motifs is 1. The molecular weight excluding hydrogens is 460 g/mol. The molecule has 4 rings (SSSR count). The van der Waals surface area contributed by atoms with Crippen molar-refractivity contribution in [2.24, 2.45) is 5.92 Å². The minimum atomic E-state index is -3.83. The van der Waals surface area contributed by atoms with Gasteiger partial charge in [0.25, 0.3) is 5.91 Å². The van der Waals surface area contributed by atoms with Gasteiger partial charge in [-0.05, 0) is 44.1 Å². The number of rotatable bonds is 6. The molecule has 1 aliphatic carbocycles. The number of nitrogens with zero attached hydrogens (tertiary/aromatic N) is 3. The molecule has 1 atom stereocenters. The summed E-state index contributed by atoms with van der Waals surface area (Å²) < 4.78 is 23.8. The third-order valence-electron chi connectivity index (χ3n) is 7.05. The molecule has 34 heavy (non-hydrogen) atoms. The zero-order valence-electron chi connectivity index (χ0n) is 19.1. The van der Waals surface area contributed by atoms with Crippen LogP contribution in [0.4, 0.5) is 4.79 Å². The molecule has 2 fully saturated rings. The van der Waals surface area contributed by atoms with Crippen molar-refractivity contribution in [2.45, 2.75) is 49.6 Å². The average Bonchev–Trinajstić information content (AvgIpc) is 3.25. The smallest absolute Gasteiger partial charge is 0.328 e. The lowest BCUT2D eigenvalue weighted by Gasteiger charge is -2.48. The van der Waals surface area contributed by atoms with E-state index < -0.39 is 20.5 Å². The summed E-state index contributed by atoms with van der Waals surface area (Å²) >= 11 is 0. The zero-order valence-corrected chi connectivity index (χ0v) is 19.9. The van der Waals surface area contributed by atoms with Crippen LogP contribution < -0.4 is 5.48 Å². The third-order valence-corrected chi connectivity index (χ3v) is 9.07. The van der Waals surface area contributed by atoms with Gasteiger partial charge < -0.3 is 10.0 Å². The van der Waals surface area contributed by atoms with Crippen LogP contribution in [0.2, 0.25) is 0 Å². The van der Waals surface area contributed by atoms with Gasteiger partial charge >= 0.3 is 6.03 Å². The van der Waals surface area contributed by atoms with Crippen molar-refractivity contribution < 1.29 is 28.3 Å². The number of aliphatic hydroxyl groups excluding tert-OH is 1. The van der Waals surface area contributed by atoms with Crippen LogP contribution in [0.15, 0.2) is 12.3 Å². The summed E-state index contributed by atoms with van der Waals surface area (Å²) in [6.07, 6.45) is 3.94. The summed E-state index contributed by atoms with van der Waals surface area (Å²) in [5.74, 6) is 11.1. The Hall–Kier alpha value is -2.83. The van der Waals surface area contributed by atoms with Gasteiger partial charge in [0.1, 0.15) is 0 Å². The standard InChI is InChI=1S/C23H28N4O6S/c1-23(21(29)24-31,34(2,32)33)7-8-25-15-19-9-16(14-27(19)22(25)30)5-3-4-6-17-12-26(13-17)18-10-20(28)11-18/h9,14,17-18,20,28,31H,7-8,10-13,15H2,1-2H3,(H,24,29)/t18?,20?,23-/m1/s1.